The van der Waals surface area contributed by atoms with Crippen molar-refractivity contribution in [1.82, 2.24) is 20.5 Å². The lowest BCUT2D eigenvalue weighted by atomic mass is 10.3. The molecule has 0 aliphatic carbocycles. The third-order valence-electron chi connectivity index (χ3n) is 2.59. The molecule has 2 heterocycles. The number of hydrogen-bond donors (Lipinski definition) is 2. The minimum atomic E-state index is -0.0537. The fraction of sp³-hybridized carbons (Fsp3) is 0.727. The molecule has 0 spiro atoms. The molecule has 19 heavy (non-hydrogen) atoms. The predicted octanol–water partition coefficient (Wildman–Crippen LogP) is -0.00920. The summed E-state index contributed by atoms with van der Waals surface area (Å²) in [4.78, 5) is 15.9. The van der Waals surface area contributed by atoms with Crippen molar-refractivity contribution in [2.24, 2.45) is 0 Å². The molecule has 1 atom stereocenters. The van der Waals surface area contributed by atoms with Gasteiger partial charge in [0.15, 0.2) is 0 Å². The third-order valence-corrected chi connectivity index (χ3v) is 3.44. The molecule has 0 radical (unpaired) electrons. The average molecular weight is 286 g/mol. The highest BCUT2D eigenvalue weighted by molar-refractivity contribution is 7.99. The van der Waals surface area contributed by atoms with Crippen molar-refractivity contribution in [2.75, 3.05) is 32.1 Å². The van der Waals surface area contributed by atoms with Crippen molar-refractivity contribution < 1.29 is 14.3 Å². The van der Waals surface area contributed by atoms with E-state index < -0.39 is 0 Å². The number of thioether (sulfide) groups is 1. The summed E-state index contributed by atoms with van der Waals surface area (Å²) in [6, 6.07) is 0. The van der Waals surface area contributed by atoms with E-state index in [0.29, 0.717) is 37.3 Å². The average Bonchev–Trinajstić information content (AvgIpc) is 2.92. The predicted molar refractivity (Wildman–Crippen MR) is 70.1 cm³/mol. The number of aromatic amines is 1. The van der Waals surface area contributed by atoms with Gasteiger partial charge in [0.2, 0.25) is 11.1 Å². The van der Waals surface area contributed by atoms with Gasteiger partial charge in [-0.05, 0) is 0 Å². The lowest BCUT2D eigenvalue weighted by molar-refractivity contribution is -0.121. The second-order valence-corrected chi connectivity index (χ2v) is 5.02. The van der Waals surface area contributed by atoms with Gasteiger partial charge in [-0.2, -0.15) is 0 Å². The molecule has 0 saturated carbocycles. The molecule has 2 N–H and O–H groups in total. The molecular formula is C11H18N4O3S. The second-order valence-electron chi connectivity index (χ2n) is 4.08. The van der Waals surface area contributed by atoms with Crippen LogP contribution in [0.15, 0.2) is 5.16 Å². The SMILES string of the molecule is CCc1nc(SCC(=O)NC[C@H]2COCCO2)n[nH]1. The van der Waals surface area contributed by atoms with E-state index in [0.717, 1.165) is 12.2 Å². The maximum atomic E-state index is 11.6. The first kappa shape index (κ1) is 14.3. The Morgan fingerprint density at radius 2 is 2.47 bits per heavy atom. The Kier molecular flexibility index (Phi) is 5.62. The normalized spacial score (nSPS) is 19.3. The Hall–Kier alpha value is -1.12. The van der Waals surface area contributed by atoms with Gasteiger partial charge in [-0.25, -0.2) is 4.98 Å². The van der Waals surface area contributed by atoms with E-state index in [4.69, 9.17) is 9.47 Å². The van der Waals surface area contributed by atoms with Crippen LogP contribution in [-0.4, -0.2) is 59.3 Å². The highest BCUT2D eigenvalue weighted by atomic mass is 32.2. The molecule has 1 aromatic heterocycles. The van der Waals surface area contributed by atoms with E-state index in [1.807, 2.05) is 6.92 Å². The van der Waals surface area contributed by atoms with Crippen molar-refractivity contribution in [1.29, 1.82) is 0 Å². The van der Waals surface area contributed by atoms with Crippen LogP contribution in [0.25, 0.3) is 0 Å². The first-order valence-electron chi connectivity index (χ1n) is 6.28. The maximum absolute atomic E-state index is 11.6. The topological polar surface area (TPSA) is 89.1 Å². The molecule has 8 heteroatoms. The molecule has 2 rings (SSSR count). The minimum absolute atomic E-state index is 0.0436. The van der Waals surface area contributed by atoms with Crippen LogP contribution in [0.1, 0.15) is 12.7 Å². The molecule has 7 nitrogen and oxygen atoms in total. The van der Waals surface area contributed by atoms with E-state index >= 15 is 0 Å². The largest absolute Gasteiger partial charge is 0.376 e. The van der Waals surface area contributed by atoms with Crippen LogP contribution in [0.4, 0.5) is 0 Å². The van der Waals surface area contributed by atoms with E-state index in [1.165, 1.54) is 11.8 Å². The summed E-state index contributed by atoms with van der Waals surface area (Å²) in [5, 5.41) is 10.2. The number of nitrogens with zero attached hydrogens (tertiary/aromatic N) is 2. The standard InChI is InChI=1S/C11H18N4O3S/c1-2-9-13-11(15-14-9)19-7-10(16)12-5-8-6-17-3-4-18-8/h8H,2-7H2,1H3,(H,12,16)(H,13,14,15)/t8-/m0/s1. The Balaban J connectivity index is 1.63. The lowest BCUT2D eigenvalue weighted by Crippen LogP contribution is -2.40. The van der Waals surface area contributed by atoms with Crippen molar-refractivity contribution >= 4 is 17.7 Å². The molecule has 1 aliphatic heterocycles. The minimum Gasteiger partial charge on any atom is -0.376 e. The van der Waals surface area contributed by atoms with Gasteiger partial charge < -0.3 is 14.8 Å². The molecule has 1 fully saturated rings. The Bertz CT molecular complexity index is 406. The summed E-state index contributed by atoms with van der Waals surface area (Å²) in [6.07, 6.45) is 0.761. The first-order valence-corrected chi connectivity index (χ1v) is 7.26. The molecule has 1 saturated heterocycles. The zero-order valence-corrected chi connectivity index (χ0v) is 11.7. The highest BCUT2D eigenvalue weighted by Crippen LogP contribution is 2.11. The van der Waals surface area contributed by atoms with Crippen LogP contribution in [0, 0.1) is 0 Å². The summed E-state index contributed by atoms with van der Waals surface area (Å²) in [7, 11) is 0. The highest BCUT2D eigenvalue weighted by Gasteiger charge is 2.15. The number of aryl methyl sites for hydroxylation is 1. The van der Waals surface area contributed by atoms with E-state index in [1.54, 1.807) is 0 Å². The summed E-state index contributed by atoms with van der Waals surface area (Å²) >= 11 is 1.31. The molecule has 1 aliphatic rings. The number of rotatable bonds is 6. The van der Waals surface area contributed by atoms with Gasteiger partial charge in [0, 0.05) is 13.0 Å². The van der Waals surface area contributed by atoms with Gasteiger partial charge in [-0.15, -0.1) is 5.10 Å². The van der Waals surface area contributed by atoms with Gasteiger partial charge in [0.1, 0.15) is 5.82 Å². The number of H-pyrrole nitrogens is 1. The second kappa shape index (κ2) is 7.46. The molecular weight excluding hydrogens is 268 g/mol. The summed E-state index contributed by atoms with van der Waals surface area (Å²) in [5.74, 6) is 1.08. The molecule has 1 aromatic rings. The van der Waals surface area contributed by atoms with Crippen molar-refractivity contribution in [3.63, 3.8) is 0 Å². The van der Waals surface area contributed by atoms with Gasteiger partial charge in [0.05, 0.1) is 31.7 Å². The van der Waals surface area contributed by atoms with E-state index in [-0.39, 0.29) is 12.0 Å². The lowest BCUT2D eigenvalue weighted by Gasteiger charge is -2.22. The molecule has 1 amide bonds. The molecule has 106 valence electrons. The van der Waals surface area contributed by atoms with Crippen LogP contribution in [-0.2, 0) is 20.7 Å². The van der Waals surface area contributed by atoms with Gasteiger partial charge in [0.25, 0.3) is 0 Å². The quantitative estimate of drug-likeness (QED) is 0.715. The number of carbonyl (C=O) groups is 1. The number of ether oxygens (including phenoxy) is 2. The van der Waals surface area contributed by atoms with Gasteiger partial charge in [-0.3, -0.25) is 9.89 Å². The number of hydrogen-bond acceptors (Lipinski definition) is 6. The Morgan fingerprint density at radius 3 is 3.16 bits per heavy atom. The maximum Gasteiger partial charge on any atom is 0.230 e. The molecule has 0 aromatic carbocycles. The third kappa shape index (κ3) is 4.81. The smallest absolute Gasteiger partial charge is 0.230 e. The first-order chi connectivity index (χ1) is 9.28. The van der Waals surface area contributed by atoms with E-state index in [9.17, 15) is 4.79 Å². The van der Waals surface area contributed by atoms with Crippen LogP contribution >= 0.6 is 11.8 Å². The monoisotopic (exact) mass is 286 g/mol. The van der Waals surface area contributed by atoms with E-state index in [2.05, 4.69) is 20.5 Å². The van der Waals surface area contributed by atoms with Crippen molar-refractivity contribution in [3.05, 3.63) is 5.82 Å². The van der Waals surface area contributed by atoms with Crippen molar-refractivity contribution in [2.45, 2.75) is 24.6 Å². The Labute approximate surface area is 115 Å². The van der Waals surface area contributed by atoms with Crippen LogP contribution < -0.4 is 5.32 Å². The number of amides is 1. The van der Waals surface area contributed by atoms with Gasteiger partial charge in [-0.1, -0.05) is 18.7 Å². The van der Waals surface area contributed by atoms with Crippen LogP contribution in [0.5, 0.6) is 0 Å². The van der Waals surface area contributed by atoms with Gasteiger partial charge >= 0.3 is 0 Å². The van der Waals surface area contributed by atoms with Crippen LogP contribution in [0.3, 0.4) is 0 Å². The van der Waals surface area contributed by atoms with Crippen molar-refractivity contribution in [3.8, 4) is 0 Å². The fourth-order valence-electron chi connectivity index (χ4n) is 1.56. The molecule has 0 unspecified atom stereocenters. The summed E-state index contributed by atoms with van der Waals surface area (Å²) < 4.78 is 10.7. The zero-order valence-electron chi connectivity index (χ0n) is 10.8. The molecule has 0 bridgehead atoms. The Morgan fingerprint density at radius 1 is 1.58 bits per heavy atom. The number of nitrogens with one attached hydrogen (secondary N) is 2. The van der Waals surface area contributed by atoms with Crippen LogP contribution in [0.2, 0.25) is 0 Å². The number of aromatic nitrogens is 3. The summed E-state index contributed by atoms with van der Waals surface area (Å²) in [6.45, 7) is 4.23. The number of carbonyl (C=O) groups excluding carboxylic acids is 1. The zero-order chi connectivity index (χ0) is 13.5. The summed E-state index contributed by atoms with van der Waals surface area (Å²) in [5.41, 5.74) is 0. The fourth-order valence-corrected chi connectivity index (χ4v) is 2.21.